The Labute approximate surface area is 207 Å². The molecular formula is C26H25FN4O3S. The van der Waals surface area contributed by atoms with E-state index in [2.05, 4.69) is 10.2 Å². The van der Waals surface area contributed by atoms with Gasteiger partial charge in [-0.25, -0.2) is 4.39 Å². The number of ether oxygens (including phenoxy) is 2. The molecule has 0 fully saturated rings. The van der Waals surface area contributed by atoms with Crippen LogP contribution in [-0.2, 0) is 11.4 Å². The number of aromatic nitrogens is 3. The van der Waals surface area contributed by atoms with Crippen molar-refractivity contribution in [3.05, 3.63) is 90.5 Å². The molecule has 0 aliphatic carbocycles. The summed E-state index contributed by atoms with van der Waals surface area (Å²) in [5, 5.41) is 8.41. The van der Waals surface area contributed by atoms with E-state index >= 15 is 0 Å². The molecule has 0 saturated heterocycles. The highest BCUT2D eigenvalue weighted by molar-refractivity contribution is 8.00. The van der Waals surface area contributed by atoms with Crippen molar-refractivity contribution in [3.8, 4) is 17.2 Å². The van der Waals surface area contributed by atoms with Crippen LogP contribution in [0.5, 0.6) is 11.5 Å². The summed E-state index contributed by atoms with van der Waals surface area (Å²) in [4.78, 5) is 14.7. The van der Waals surface area contributed by atoms with Gasteiger partial charge in [0.1, 0.15) is 23.9 Å². The van der Waals surface area contributed by atoms with Crippen molar-refractivity contribution in [2.24, 2.45) is 0 Å². The predicted molar refractivity (Wildman–Crippen MR) is 134 cm³/mol. The molecule has 0 unspecified atom stereocenters. The van der Waals surface area contributed by atoms with Crippen LogP contribution in [0.15, 0.2) is 84.0 Å². The zero-order valence-electron chi connectivity index (χ0n) is 19.6. The van der Waals surface area contributed by atoms with Crippen molar-refractivity contribution in [1.29, 1.82) is 0 Å². The molecule has 1 aromatic heterocycles. The Morgan fingerprint density at radius 3 is 2.34 bits per heavy atom. The summed E-state index contributed by atoms with van der Waals surface area (Å²) in [6, 6.07) is 22.9. The molecule has 4 aromatic rings. The lowest BCUT2D eigenvalue weighted by atomic mass is 10.3. The highest BCUT2D eigenvalue weighted by Gasteiger charge is 2.25. The smallest absolute Gasteiger partial charge is 0.240 e. The van der Waals surface area contributed by atoms with Gasteiger partial charge in [0, 0.05) is 12.7 Å². The molecule has 0 bridgehead atoms. The summed E-state index contributed by atoms with van der Waals surface area (Å²) >= 11 is 1.21. The number of carbonyl (C=O) groups excluding carboxylic acids is 1. The molecule has 180 valence electrons. The third-order valence-electron chi connectivity index (χ3n) is 5.33. The molecular weight excluding hydrogens is 467 g/mol. The van der Waals surface area contributed by atoms with Crippen molar-refractivity contribution in [3.63, 3.8) is 0 Å². The molecule has 1 atom stereocenters. The van der Waals surface area contributed by atoms with Gasteiger partial charge in [-0.2, -0.15) is 0 Å². The summed E-state index contributed by atoms with van der Waals surface area (Å²) in [6.45, 7) is 1.85. The van der Waals surface area contributed by atoms with Gasteiger partial charge in [-0.3, -0.25) is 9.36 Å². The maximum atomic E-state index is 14.8. The van der Waals surface area contributed by atoms with Gasteiger partial charge in [0.2, 0.25) is 5.91 Å². The predicted octanol–water partition coefficient (Wildman–Crippen LogP) is 5.14. The van der Waals surface area contributed by atoms with Crippen LogP contribution >= 0.6 is 11.8 Å². The third kappa shape index (κ3) is 5.63. The van der Waals surface area contributed by atoms with E-state index in [1.807, 2.05) is 30.3 Å². The number of halogens is 1. The summed E-state index contributed by atoms with van der Waals surface area (Å²) < 4.78 is 27.4. The topological polar surface area (TPSA) is 69.5 Å². The lowest BCUT2D eigenvalue weighted by Gasteiger charge is -2.21. The van der Waals surface area contributed by atoms with Crippen LogP contribution in [0.3, 0.4) is 0 Å². The number of thioether (sulfide) groups is 1. The first kappa shape index (κ1) is 24.3. The molecule has 3 aromatic carbocycles. The first-order chi connectivity index (χ1) is 17.0. The average Bonchev–Trinajstić information content (AvgIpc) is 3.29. The summed E-state index contributed by atoms with van der Waals surface area (Å²) in [5.74, 6) is 1.19. The molecule has 0 aliphatic rings. The van der Waals surface area contributed by atoms with E-state index in [-0.39, 0.29) is 18.2 Å². The molecule has 0 spiro atoms. The fourth-order valence-corrected chi connectivity index (χ4v) is 4.40. The third-order valence-corrected chi connectivity index (χ3v) is 6.36. The molecule has 9 heteroatoms. The van der Waals surface area contributed by atoms with Gasteiger partial charge < -0.3 is 14.4 Å². The second-order valence-electron chi connectivity index (χ2n) is 7.64. The van der Waals surface area contributed by atoms with Crippen LogP contribution in [0, 0.1) is 5.82 Å². The van der Waals surface area contributed by atoms with Crippen LogP contribution in [0.2, 0.25) is 0 Å². The van der Waals surface area contributed by atoms with Crippen molar-refractivity contribution >= 4 is 23.4 Å². The Kier molecular flexibility index (Phi) is 7.67. The molecule has 35 heavy (non-hydrogen) atoms. The van der Waals surface area contributed by atoms with Gasteiger partial charge in [-0.05, 0) is 55.5 Å². The number of anilines is 1. The lowest BCUT2D eigenvalue weighted by molar-refractivity contribution is -0.117. The quantitative estimate of drug-likeness (QED) is 0.302. The fourth-order valence-electron chi connectivity index (χ4n) is 3.43. The maximum Gasteiger partial charge on any atom is 0.240 e. The minimum Gasteiger partial charge on any atom is -0.497 e. The van der Waals surface area contributed by atoms with Crippen molar-refractivity contribution in [1.82, 2.24) is 14.8 Å². The number of hydrogen-bond acceptors (Lipinski definition) is 6. The van der Waals surface area contributed by atoms with E-state index in [1.54, 1.807) is 73.0 Å². The van der Waals surface area contributed by atoms with Crippen molar-refractivity contribution in [2.75, 3.05) is 19.1 Å². The van der Waals surface area contributed by atoms with Gasteiger partial charge in [0.15, 0.2) is 11.0 Å². The van der Waals surface area contributed by atoms with E-state index in [1.165, 1.54) is 17.8 Å². The number of para-hydroxylation sites is 2. The standard InChI is InChI=1S/C26H25FN4O3S/c1-18(25(32)30(2)19-9-5-4-6-10-19)35-26-29-28-24(31(26)23-12-8-7-11-22(23)27)17-34-21-15-13-20(33-3)14-16-21/h4-16,18H,17H2,1-3H3/t18-/m0/s1. The molecule has 0 saturated carbocycles. The fraction of sp³-hybridized carbons (Fsp3) is 0.192. The monoisotopic (exact) mass is 492 g/mol. The zero-order chi connectivity index (χ0) is 24.8. The van der Waals surface area contributed by atoms with Crippen LogP contribution < -0.4 is 14.4 Å². The van der Waals surface area contributed by atoms with Crippen LogP contribution in [-0.4, -0.2) is 40.1 Å². The summed E-state index contributed by atoms with van der Waals surface area (Å²) in [5.41, 5.74) is 1.07. The minimum absolute atomic E-state index is 0.0560. The van der Waals surface area contributed by atoms with Gasteiger partial charge in [-0.15, -0.1) is 10.2 Å². The summed E-state index contributed by atoms with van der Waals surface area (Å²) in [7, 11) is 3.32. The molecule has 1 heterocycles. The summed E-state index contributed by atoms with van der Waals surface area (Å²) in [6.07, 6.45) is 0. The Morgan fingerprint density at radius 1 is 1.00 bits per heavy atom. The second-order valence-corrected chi connectivity index (χ2v) is 8.95. The highest BCUT2D eigenvalue weighted by atomic mass is 32.2. The second kappa shape index (κ2) is 11.1. The van der Waals surface area contributed by atoms with Crippen molar-refractivity contribution < 1.29 is 18.7 Å². The largest absolute Gasteiger partial charge is 0.497 e. The molecule has 0 radical (unpaired) electrons. The van der Waals surface area contributed by atoms with E-state index in [4.69, 9.17) is 9.47 Å². The zero-order valence-corrected chi connectivity index (χ0v) is 20.4. The van der Waals surface area contributed by atoms with Crippen LogP contribution in [0.1, 0.15) is 12.7 Å². The number of methoxy groups -OCH3 is 1. The van der Waals surface area contributed by atoms with E-state index in [0.29, 0.717) is 22.5 Å². The van der Waals surface area contributed by atoms with Crippen LogP contribution in [0.4, 0.5) is 10.1 Å². The number of nitrogens with zero attached hydrogens (tertiary/aromatic N) is 4. The molecule has 0 aliphatic heterocycles. The van der Waals surface area contributed by atoms with E-state index in [9.17, 15) is 9.18 Å². The normalized spacial score (nSPS) is 11.7. The van der Waals surface area contributed by atoms with Crippen LogP contribution in [0.25, 0.3) is 5.69 Å². The number of carbonyl (C=O) groups is 1. The number of hydrogen-bond donors (Lipinski definition) is 0. The van der Waals surface area contributed by atoms with E-state index in [0.717, 1.165) is 5.69 Å². The number of rotatable bonds is 9. The van der Waals surface area contributed by atoms with Gasteiger partial charge in [-0.1, -0.05) is 42.1 Å². The Balaban J connectivity index is 1.58. The van der Waals surface area contributed by atoms with Gasteiger partial charge in [0.25, 0.3) is 0 Å². The highest BCUT2D eigenvalue weighted by Crippen LogP contribution is 2.29. The van der Waals surface area contributed by atoms with E-state index < -0.39 is 11.1 Å². The molecule has 1 amide bonds. The Hall–Kier alpha value is -3.85. The Bertz CT molecular complexity index is 1280. The number of benzene rings is 3. The maximum absolute atomic E-state index is 14.8. The van der Waals surface area contributed by atoms with Crippen molar-refractivity contribution in [2.45, 2.75) is 23.9 Å². The number of amides is 1. The first-order valence-corrected chi connectivity index (χ1v) is 11.8. The first-order valence-electron chi connectivity index (χ1n) is 10.9. The SMILES string of the molecule is COc1ccc(OCc2nnc(S[C@@H](C)C(=O)N(C)c3ccccc3)n2-c2ccccc2F)cc1. The molecule has 0 N–H and O–H groups in total. The Morgan fingerprint density at radius 2 is 1.66 bits per heavy atom. The molecule has 4 rings (SSSR count). The molecule has 7 nitrogen and oxygen atoms in total. The van der Waals surface area contributed by atoms with Gasteiger partial charge in [0.05, 0.1) is 18.0 Å². The van der Waals surface area contributed by atoms with Gasteiger partial charge >= 0.3 is 0 Å². The minimum atomic E-state index is -0.495. The average molecular weight is 493 g/mol. The lowest BCUT2D eigenvalue weighted by Crippen LogP contribution is -2.33.